The topological polar surface area (TPSA) is 18.5 Å². The van der Waals surface area contributed by atoms with E-state index in [0.717, 1.165) is 5.75 Å². The second-order valence-corrected chi connectivity index (χ2v) is 4.54. The fourth-order valence-electron chi connectivity index (χ4n) is 1.35. The second kappa shape index (κ2) is 6.16. The van der Waals surface area contributed by atoms with Crippen molar-refractivity contribution >= 4 is 11.8 Å². The normalized spacial score (nSPS) is 11.0. The molecule has 1 aromatic carbocycles. The number of hydrogen-bond donors (Lipinski definition) is 0. The highest BCUT2D eigenvalue weighted by Crippen LogP contribution is 2.24. The van der Waals surface area contributed by atoms with Gasteiger partial charge in [0, 0.05) is 24.9 Å². The van der Waals surface area contributed by atoms with Crippen LogP contribution in [0.2, 0.25) is 0 Å². The third-order valence-electron chi connectivity index (χ3n) is 2.23. The average molecular weight is 226 g/mol. The molecule has 2 nitrogen and oxygen atoms in total. The van der Waals surface area contributed by atoms with E-state index in [1.54, 1.807) is 26.0 Å². The van der Waals surface area contributed by atoms with Gasteiger partial charge in [0.2, 0.25) is 0 Å². The fraction of sp³-hybridized carbons (Fsp3) is 0.500. The predicted octanol–water partition coefficient (Wildman–Crippen LogP) is 3.01. The van der Waals surface area contributed by atoms with Crippen LogP contribution in [0.25, 0.3) is 0 Å². The summed E-state index contributed by atoms with van der Waals surface area (Å²) in [4.78, 5) is 1.29. The maximum Gasteiger partial charge on any atom is 0.166 e. The molecule has 1 rings (SSSR count). The number of thioether (sulfide) groups is 1. The largest absolute Gasteiger partial charge is 0.355 e. The maximum absolute atomic E-state index is 5.14. The molecule has 84 valence electrons. The minimum Gasteiger partial charge on any atom is -0.355 e. The van der Waals surface area contributed by atoms with Crippen molar-refractivity contribution in [2.75, 3.05) is 20.0 Å². The van der Waals surface area contributed by atoms with Crippen molar-refractivity contribution in [3.8, 4) is 0 Å². The zero-order valence-corrected chi connectivity index (χ0v) is 10.6. The molecule has 0 amide bonds. The summed E-state index contributed by atoms with van der Waals surface area (Å²) in [5.74, 6) is 0.816. The van der Waals surface area contributed by atoms with E-state index in [1.165, 1.54) is 16.0 Å². The third kappa shape index (κ3) is 3.86. The van der Waals surface area contributed by atoms with Crippen molar-refractivity contribution in [3.63, 3.8) is 0 Å². The summed E-state index contributed by atoms with van der Waals surface area (Å²) in [6.07, 6.45) is -0.129. The Balaban J connectivity index is 2.57. The van der Waals surface area contributed by atoms with Gasteiger partial charge in [0.15, 0.2) is 6.29 Å². The number of rotatable bonds is 5. The molecule has 0 aliphatic heterocycles. The van der Waals surface area contributed by atoms with Gasteiger partial charge < -0.3 is 9.47 Å². The quantitative estimate of drug-likeness (QED) is 0.568. The van der Waals surface area contributed by atoms with Gasteiger partial charge in [-0.2, -0.15) is 0 Å². The lowest BCUT2D eigenvalue weighted by atomic mass is 10.2. The van der Waals surface area contributed by atoms with Crippen molar-refractivity contribution < 1.29 is 9.47 Å². The van der Waals surface area contributed by atoms with Crippen LogP contribution in [0.5, 0.6) is 0 Å². The number of ether oxygens (including phenoxy) is 2. The Bertz CT molecular complexity index is 308. The first-order valence-electron chi connectivity index (χ1n) is 4.93. The molecule has 3 heteroatoms. The molecule has 15 heavy (non-hydrogen) atoms. The van der Waals surface area contributed by atoms with Crippen molar-refractivity contribution in [1.82, 2.24) is 0 Å². The molecular weight excluding hydrogens is 208 g/mol. The second-order valence-electron chi connectivity index (χ2n) is 3.48. The molecule has 0 radical (unpaired) electrons. The summed E-state index contributed by atoms with van der Waals surface area (Å²) in [6.45, 7) is 4.23. The summed E-state index contributed by atoms with van der Waals surface area (Å²) < 4.78 is 10.3. The van der Waals surface area contributed by atoms with Crippen LogP contribution in [0.4, 0.5) is 0 Å². The summed E-state index contributed by atoms with van der Waals surface area (Å²) in [5.41, 5.74) is 2.61. The Labute approximate surface area is 96.0 Å². The molecule has 0 bridgehead atoms. The molecule has 0 saturated heterocycles. The Morgan fingerprint density at radius 1 is 1.20 bits per heavy atom. The van der Waals surface area contributed by atoms with E-state index in [9.17, 15) is 0 Å². The highest BCUT2D eigenvalue weighted by molar-refractivity contribution is 7.99. The van der Waals surface area contributed by atoms with Crippen LogP contribution < -0.4 is 0 Å². The minimum absolute atomic E-state index is 0.129. The summed E-state index contributed by atoms with van der Waals surface area (Å²) >= 11 is 1.76. The summed E-state index contributed by atoms with van der Waals surface area (Å²) in [6, 6.07) is 6.47. The van der Waals surface area contributed by atoms with Gasteiger partial charge in [0.05, 0.1) is 0 Å². The molecule has 0 fully saturated rings. The van der Waals surface area contributed by atoms with E-state index >= 15 is 0 Å². The third-order valence-corrected chi connectivity index (χ3v) is 3.44. The molecule has 0 aromatic heterocycles. The van der Waals surface area contributed by atoms with E-state index in [0.29, 0.717) is 0 Å². The van der Waals surface area contributed by atoms with Crippen LogP contribution >= 0.6 is 11.8 Å². The molecule has 0 spiro atoms. The minimum atomic E-state index is -0.129. The van der Waals surface area contributed by atoms with Crippen LogP contribution in [-0.2, 0) is 9.47 Å². The SMILES string of the molecule is COC(CSc1ccc(C)cc1C)OC. The van der Waals surface area contributed by atoms with Crippen molar-refractivity contribution in [2.45, 2.75) is 25.0 Å². The van der Waals surface area contributed by atoms with Crippen LogP contribution in [0.15, 0.2) is 23.1 Å². The molecule has 1 aromatic rings. The van der Waals surface area contributed by atoms with Gasteiger partial charge in [0.25, 0.3) is 0 Å². The lowest BCUT2D eigenvalue weighted by Gasteiger charge is -2.13. The van der Waals surface area contributed by atoms with Crippen LogP contribution in [0, 0.1) is 13.8 Å². The van der Waals surface area contributed by atoms with Crippen molar-refractivity contribution in [1.29, 1.82) is 0 Å². The smallest absolute Gasteiger partial charge is 0.166 e. The monoisotopic (exact) mass is 226 g/mol. The number of benzene rings is 1. The van der Waals surface area contributed by atoms with Gasteiger partial charge in [-0.05, 0) is 25.5 Å². The highest BCUT2D eigenvalue weighted by Gasteiger charge is 2.07. The first-order valence-corrected chi connectivity index (χ1v) is 5.91. The van der Waals surface area contributed by atoms with E-state index < -0.39 is 0 Å². The first kappa shape index (κ1) is 12.6. The Hall–Kier alpha value is -0.510. The van der Waals surface area contributed by atoms with Gasteiger partial charge in [0.1, 0.15) is 0 Å². The van der Waals surface area contributed by atoms with E-state index in [-0.39, 0.29) is 6.29 Å². The zero-order valence-electron chi connectivity index (χ0n) is 9.74. The molecular formula is C12H18O2S. The van der Waals surface area contributed by atoms with Crippen molar-refractivity contribution in [3.05, 3.63) is 29.3 Å². The van der Waals surface area contributed by atoms with Gasteiger partial charge in [-0.25, -0.2) is 0 Å². The fourth-order valence-corrected chi connectivity index (χ4v) is 2.39. The van der Waals surface area contributed by atoms with Crippen LogP contribution in [0.1, 0.15) is 11.1 Å². The lowest BCUT2D eigenvalue weighted by Crippen LogP contribution is -2.15. The standard InChI is InChI=1S/C12H18O2S/c1-9-5-6-11(10(2)7-9)15-8-12(13-3)14-4/h5-7,12H,8H2,1-4H3. The van der Waals surface area contributed by atoms with E-state index in [1.807, 2.05) is 0 Å². The van der Waals surface area contributed by atoms with Gasteiger partial charge in [-0.3, -0.25) is 0 Å². The molecule has 0 unspecified atom stereocenters. The van der Waals surface area contributed by atoms with E-state index in [2.05, 4.69) is 32.0 Å². The molecule has 0 atom stereocenters. The first-order chi connectivity index (χ1) is 7.17. The highest BCUT2D eigenvalue weighted by atomic mass is 32.2. The predicted molar refractivity (Wildman–Crippen MR) is 64.4 cm³/mol. The molecule has 0 aliphatic carbocycles. The van der Waals surface area contributed by atoms with Crippen LogP contribution in [0.3, 0.4) is 0 Å². The Morgan fingerprint density at radius 3 is 2.40 bits per heavy atom. The number of aryl methyl sites for hydroxylation is 2. The van der Waals surface area contributed by atoms with E-state index in [4.69, 9.17) is 9.47 Å². The van der Waals surface area contributed by atoms with Gasteiger partial charge in [-0.1, -0.05) is 17.7 Å². The molecule has 0 heterocycles. The zero-order chi connectivity index (χ0) is 11.3. The molecule has 0 saturated carbocycles. The Kier molecular flexibility index (Phi) is 5.15. The average Bonchev–Trinajstić information content (AvgIpc) is 2.22. The lowest BCUT2D eigenvalue weighted by molar-refractivity contribution is -0.0842. The maximum atomic E-state index is 5.14. The molecule has 0 aliphatic rings. The van der Waals surface area contributed by atoms with Crippen LogP contribution in [-0.4, -0.2) is 26.3 Å². The Morgan fingerprint density at radius 2 is 1.87 bits per heavy atom. The van der Waals surface area contributed by atoms with Crippen molar-refractivity contribution in [2.24, 2.45) is 0 Å². The summed E-state index contributed by atoms with van der Waals surface area (Å²) in [7, 11) is 3.33. The van der Waals surface area contributed by atoms with Gasteiger partial charge >= 0.3 is 0 Å². The van der Waals surface area contributed by atoms with Gasteiger partial charge in [-0.15, -0.1) is 11.8 Å². The molecule has 0 N–H and O–H groups in total. The number of methoxy groups -OCH3 is 2. The number of hydrogen-bond acceptors (Lipinski definition) is 3. The summed E-state index contributed by atoms with van der Waals surface area (Å²) in [5, 5.41) is 0.